The van der Waals surface area contributed by atoms with Crippen LogP contribution >= 0.6 is 0 Å². The van der Waals surface area contributed by atoms with Crippen molar-refractivity contribution in [3.8, 4) is 23.1 Å². The maximum atomic E-state index is 12.4. The number of aromatic nitrogens is 3. The summed E-state index contributed by atoms with van der Waals surface area (Å²) in [4.78, 5) is 28.9. The van der Waals surface area contributed by atoms with Gasteiger partial charge in [-0.25, -0.2) is 15.0 Å². The topological polar surface area (TPSA) is 92.7 Å². The standard InChI is InChI=1S/C28H28N6O3/c1-33(2)18-8-13-28(35)34(3)26-12-7-11-24(32-26)31-25-19-27(30-20-29-25)37-23-16-14-22(15-17-23)36-21-9-5-4-6-10-21/h4-17,19-20H,18H2,1-3H3,(H,29,30,31,32). The Hall–Kier alpha value is -4.76. The van der Waals surface area contributed by atoms with Crippen LogP contribution in [0.2, 0.25) is 0 Å². The van der Waals surface area contributed by atoms with E-state index in [4.69, 9.17) is 9.47 Å². The smallest absolute Gasteiger partial charge is 0.251 e. The summed E-state index contributed by atoms with van der Waals surface area (Å²) in [6.07, 6.45) is 4.75. The third-order valence-corrected chi connectivity index (χ3v) is 5.06. The summed E-state index contributed by atoms with van der Waals surface area (Å²) in [6, 6.07) is 23.9. The average molecular weight is 497 g/mol. The van der Waals surface area contributed by atoms with E-state index < -0.39 is 0 Å². The van der Waals surface area contributed by atoms with Gasteiger partial charge < -0.3 is 19.7 Å². The van der Waals surface area contributed by atoms with Gasteiger partial charge in [-0.1, -0.05) is 30.3 Å². The second-order valence-corrected chi connectivity index (χ2v) is 8.30. The molecule has 9 heteroatoms. The van der Waals surface area contributed by atoms with E-state index in [2.05, 4.69) is 20.3 Å². The molecule has 2 aromatic heterocycles. The number of para-hydroxylation sites is 1. The van der Waals surface area contributed by atoms with E-state index in [1.54, 1.807) is 37.4 Å². The van der Waals surface area contributed by atoms with Crippen molar-refractivity contribution in [2.75, 3.05) is 37.9 Å². The molecule has 0 fully saturated rings. The molecular weight excluding hydrogens is 468 g/mol. The van der Waals surface area contributed by atoms with Crippen molar-refractivity contribution in [3.05, 3.63) is 97.3 Å². The number of ether oxygens (including phenoxy) is 2. The maximum Gasteiger partial charge on any atom is 0.251 e. The second-order valence-electron chi connectivity index (χ2n) is 8.30. The molecule has 9 nitrogen and oxygen atoms in total. The molecule has 2 heterocycles. The molecule has 0 saturated heterocycles. The number of nitrogens with zero attached hydrogens (tertiary/aromatic N) is 5. The minimum atomic E-state index is -0.163. The summed E-state index contributed by atoms with van der Waals surface area (Å²) in [5.74, 6) is 3.80. The fourth-order valence-corrected chi connectivity index (χ4v) is 3.18. The van der Waals surface area contributed by atoms with Gasteiger partial charge in [0.15, 0.2) is 0 Å². The van der Waals surface area contributed by atoms with Crippen LogP contribution in [-0.4, -0.2) is 53.4 Å². The van der Waals surface area contributed by atoms with Gasteiger partial charge in [0.25, 0.3) is 5.91 Å². The van der Waals surface area contributed by atoms with E-state index in [9.17, 15) is 4.79 Å². The molecule has 0 aliphatic carbocycles. The number of amides is 1. The predicted octanol–water partition coefficient (Wildman–Crippen LogP) is 5.28. The van der Waals surface area contributed by atoms with E-state index in [1.807, 2.05) is 73.6 Å². The summed E-state index contributed by atoms with van der Waals surface area (Å²) < 4.78 is 11.7. The number of nitrogens with one attached hydrogen (secondary N) is 1. The van der Waals surface area contributed by atoms with Gasteiger partial charge in [0.2, 0.25) is 5.88 Å². The molecule has 1 amide bonds. The third-order valence-electron chi connectivity index (χ3n) is 5.06. The number of hydrogen-bond acceptors (Lipinski definition) is 8. The largest absolute Gasteiger partial charge is 0.457 e. The molecule has 0 radical (unpaired) electrons. The number of rotatable bonds is 10. The van der Waals surface area contributed by atoms with Crippen molar-refractivity contribution in [3.63, 3.8) is 0 Å². The summed E-state index contributed by atoms with van der Waals surface area (Å²) in [7, 11) is 5.56. The van der Waals surface area contributed by atoms with E-state index in [0.29, 0.717) is 41.4 Å². The Balaban J connectivity index is 1.38. The molecule has 37 heavy (non-hydrogen) atoms. The Morgan fingerprint density at radius 1 is 0.838 bits per heavy atom. The zero-order valence-electron chi connectivity index (χ0n) is 20.9. The molecule has 0 unspecified atom stereocenters. The number of benzene rings is 2. The van der Waals surface area contributed by atoms with Gasteiger partial charge in [-0.15, -0.1) is 0 Å². The van der Waals surface area contributed by atoms with Gasteiger partial charge in [-0.2, -0.15) is 0 Å². The SMILES string of the molecule is CN(C)CC=CC(=O)N(C)c1cccc(Nc2cc(Oc3ccc(Oc4ccccc4)cc3)ncn2)n1. The van der Waals surface area contributed by atoms with Crippen molar-refractivity contribution >= 4 is 23.4 Å². The summed E-state index contributed by atoms with van der Waals surface area (Å²) in [5.41, 5.74) is 0. The summed E-state index contributed by atoms with van der Waals surface area (Å²) in [5, 5.41) is 3.13. The number of likely N-dealkylation sites (N-methyl/N-ethyl adjacent to an activating group) is 2. The molecule has 4 rings (SSSR count). The van der Waals surface area contributed by atoms with Crippen LogP contribution in [0.3, 0.4) is 0 Å². The number of carbonyl (C=O) groups is 1. The van der Waals surface area contributed by atoms with Crippen LogP contribution in [0.25, 0.3) is 0 Å². The highest BCUT2D eigenvalue weighted by molar-refractivity contribution is 6.00. The molecule has 0 aliphatic heterocycles. The number of pyridine rings is 1. The maximum absolute atomic E-state index is 12.4. The first-order chi connectivity index (χ1) is 18.0. The van der Waals surface area contributed by atoms with Crippen LogP contribution in [0.1, 0.15) is 0 Å². The minimum absolute atomic E-state index is 0.163. The molecule has 4 aromatic rings. The van der Waals surface area contributed by atoms with Gasteiger partial charge >= 0.3 is 0 Å². The molecule has 1 N–H and O–H groups in total. The highest BCUT2D eigenvalue weighted by Gasteiger charge is 2.10. The van der Waals surface area contributed by atoms with Crippen molar-refractivity contribution in [2.45, 2.75) is 0 Å². The third kappa shape index (κ3) is 7.61. The normalized spacial score (nSPS) is 10.9. The lowest BCUT2D eigenvalue weighted by atomic mass is 10.3. The number of carbonyl (C=O) groups excluding carboxylic acids is 1. The van der Waals surface area contributed by atoms with E-state index in [0.717, 1.165) is 5.75 Å². The predicted molar refractivity (Wildman–Crippen MR) is 144 cm³/mol. The van der Waals surface area contributed by atoms with E-state index in [-0.39, 0.29) is 5.91 Å². The highest BCUT2D eigenvalue weighted by Crippen LogP contribution is 2.27. The van der Waals surface area contributed by atoms with Crippen LogP contribution in [0.15, 0.2) is 97.3 Å². The molecule has 0 spiro atoms. The molecule has 188 valence electrons. The minimum Gasteiger partial charge on any atom is -0.457 e. The van der Waals surface area contributed by atoms with Crippen LogP contribution in [0, 0.1) is 0 Å². The molecule has 0 aliphatic rings. The Morgan fingerprint density at radius 2 is 1.54 bits per heavy atom. The summed E-state index contributed by atoms with van der Waals surface area (Å²) >= 11 is 0. The van der Waals surface area contributed by atoms with Gasteiger partial charge in [-0.05, 0) is 62.6 Å². The number of anilines is 3. The first kappa shape index (κ1) is 25.3. The first-order valence-electron chi connectivity index (χ1n) is 11.6. The van der Waals surface area contributed by atoms with E-state index >= 15 is 0 Å². The Kier molecular flexibility index (Phi) is 8.41. The zero-order chi connectivity index (χ0) is 26.0. The molecule has 0 saturated carbocycles. The Morgan fingerprint density at radius 3 is 2.27 bits per heavy atom. The van der Waals surface area contributed by atoms with Crippen LogP contribution in [0.4, 0.5) is 17.5 Å². The van der Waals surface area contributed by atoms with Crippen LogP contribution in [0.5, 0.6) is 23.1 Å². The van der Waals surface area contributed by atoms with Crippen molar-refractivity contribution < 1.29 is 14.3 Å². The second kappa shape index (κ2) is 12.3. The van der Waals surface area contributed by atoms with Crippen molar-refractivity contribution in [1.82, 2.24) is 19.9 Å². The molecule has 2 aromatic carbocycles. The lowest BCUT2D eigenvalue weighted by molar-refractivity contribution is -0.113. The highest BCUT2D eigenvalue weighted by atomic mass is 16.5. The lowest BCUT2D eigenvalue weighted by Crippen LogP contribution is -2.25. The molecular formula is C28H28N6O3. The van der Waals surface area contributed by atoms with Crippen LogP contribution in [-0.2, 0) is 4.79 Å². The van der Waals surface area contributed by atoms with Gasteiger partial charge in [0, 0.05) is 25.7 Å². The van der Waals surface area contributed by atoms with Gasteiger partial charge in [0.05, 0.1) is 0 Å². The first-order valence-corrected chi connectivity index (χ1v) is 11.6. The van der Waals surface area contributed by atoms with Crippen LogP contribution < -0.4 is 19.7 Å². The Bertz CT molecular complexity index is 1340. The average Bonchev–Trinajstić information content (AvgIpc) is 2.90. The fraction of sp³-hybridized carbons (Fsp3) is 0.143. The molecule has 0 atom stereocenters. The zero-order valence-corrected chi connectivity index (χ0v) is 20.9. The fourth-order valence-electron chi connectivity index (χ4n) is 3.18. The van der Waals surface area contributed by atoms with Gasteiger partial charge in [-0.3, -0.25) is 9.69 Å². The van der Waals surface area contributed by atoms with E-state index in [1.165, 1.54) is 17.3 Å². The summed E-state index contributed by atoms with van der Waals surface area (Å²) in [6.45, 7) is 0.679. The van der Waals surface area contributed by atoms with Crippen molar-refractivity contribution in [1.29, 1.82) is 0 Å². The molecule has 0 bridgehead atoms. The quantitative estimate of drug-likeness (QED) is 0.297. The number of hydrogen-bond donors (Lipinski definition) is 1. The van der Waals surface area contributed by atoms with Gasteiger partial charge in [0.1, 0.15) is 41.0 Å². The monoisotopic (exact) mass is 496 g/mol. The van der Waals surface area contributed by atoms with Crippen molar-refractivity contribution in [2.24, 2.45) is 0 Å². The lowest BCUT2D eigenvalue weighted by Gasteiger charge is -2.15. The Labute approximate surface area is 216 Å².